The van der Waals surface area contributed by atoms with Crippen LogP contribution in [0.25, 0.3) is 5.69 Å². The molecule has 0 saturated carbocycles. The van der Waals surface area contributed by atoms with Crippen LogP contribution in [0.2, 0.25) is 0 Å². The lowest BCUT2D eigenvalue weighted by molar-refractivity contribution is 0.0703. The molecule has 8 nitrogen and oxygen atoms in total. The Bertz CT molecular complexity index is 815. The van der Waals surface area contributed by atoms with Crippen LogP contribution in [0.5, 0.6) is 0 Å². The Labute approximate surface area is 138 Å². The van der Waals surface area contributed by atoms with Gasteiger partial charge in [-0.15, -0.1) is 10.2 Å². The van der Waals surface area contributed by atoms with Crippen molar-refractivity contribution in [2.45, 2.75) is 18.8 Å². The number of para-hydroxylation sites is 1. The highest BCUT2D eigenvalue weighted by molar-refractivity contribution is 5.97. The van der Waals surface area contributed by atoms with Gasteiger partial charge >= 0.3 is 0 Å². The third kappa shape index (κ3) is 2.66. The van der Waals surface area contributed by atoms with Crippen LogP contribution in [0, 0.1) is 0 Å². The summed E-state index contributed by atoms with van der Waals surface area (Å²) < 4.78 is 6.58. The fourth-order valence-electron chi connectivity index (χ4n) is 3.11. The molecule has 24 heavy (non-hydrogen) atoms. The van der Waals surface area contributed by atoms with E-state index in [1.165, 1.54) is 6.39 Å². The molecule has 122 valence electrons. The normalized spacial score (nSPS) is 17.8. The second-order valence-electron chi connectivity index (χ2n) is 5.77. The zero-order valence-electron chi connectivity index (χ0n) is 12.9. The molecule has 0 unspecified atom stereocenters. The van der Waals surface area contributed by atoms with Crippen LogP contribution < -0.4 is 0 Å². The molecule has 0 radical (unpaired) electrons. The Balaban J connectivity index is 1.60. The zero-order valence-corrected chi connectivity index (χ0v) is 12.9. The Hall–Kier alpha value is -3.03. The van der Waals surface area contributed by atoms with Gasteiger partial charge in [0.05, 0.1) is 11.3 Å². The number of rotatable bonds is 3. The maximum Gasteiger partial charge on any atom is 0.256 e. The van der Waals surface area contributed by atoms with Gasteiger partial charge in [-0.25, -0.2) is 0 Å². The molecular weight excluding hydrogens is 308 g/mol. The first-order valence-electron chi connectivity index (χ1n) is 7.82. The van der Waals surface area contributed by atoms with Crippen molar-refractivity contribution >= 4 is 5.91 Å². The highest BCUT2D eigenvalue weighted by Crippen LogP contribution is 2.26. The minimum absolute atomic E-state index is 0.00695. The molecule has 1 fully saturated rings. The molecule has 1 aliphatic rings. The molecule has 8 heteroatoms. The van der Waals surface area contributed by atoms with Crippen LogP contribution in [-0.2, 0) is 0 Å². The maximum absolute atomic E-state index is 13.0. The van der Waals surface area contributed by atoms with E-state index in [1.54, 1.807) is 17.2 Å². The number of benzene rings is 1. The monoisotopic (exact) mass is 324 g/mol. The van der Waals surface area contributed by atoms with Crippen LogP contribution in [0.3, 0.4) is 0 Å². The molecule has 0 N–H and O–H groups in total. The van der Waals surface area contributed by atoms with Crippen molar-refractivity contribution in [1.29, 1.82) is 0 Å². The van der Waals surface area contributed by atoms with Gasteiger partial charge in [-0.05, 0) is 25.0 Å². The van der Waals surface area contributed by atoms with Gasteiger partial charge in [-0.3, -0.25) is 9.36 Å². The van der Waals surface area contributed by atoms with Gasteiger partial charge in [-0.1, -0.05) is 17.3 Å². The number of amides is 1. The van der Waals surface area contributed by atoms with Gasteiger partial charge in [0.1, 0.15) is 12.7 Å². The number of hydrogen-bond acceptors (Lipinski definition) is 6. The molecule has 3 aromatic rings. The summed E-state index contributed by atoms with van der Waals surface area (Å²) in [6.07, 6.45) is 6.38. The highest BCUT2D eigenvalue weighted by atomic mass is 16.5. The lowest BCUT2D eigenvalue weighted by Gasteiger charge is -2.31. The van der Waals surface area contributed by atoms with E-state index in [0.717, 1.165) is 25.1 Å². The predicted molar refractivity (Wildman–Crippen MR) is 83.5 cm³/mol. The van der Waals surface area contributed by atoms with Crippen LogP contribution in [0.15, 0.2) is 47.8 Å². The molecule has 1 aromatic carbocycles. The molecule has 0 bridgehead atoms. The number of piperidine rings is 1. The molecule has 0 spiro atoms. The van der Waals surface area contributed by atoms with Gasteiger partial charge in [0.2, 0.25) is 6.39 Å². The van der Waals surface area contributed by atoms with Gasteiger partial charge in [0.25, 0.3) is 5.91 Å². The number of carbonyl (C=O) groups is 1. The van der Waals surface area contributed by atoms with Crippen molar-refractivity contribution in [3.63, 3.8) is 0 Å². The van der Waals surface area contributed by atoms with E-state index >= 15 is 0 Å². The van der Waals surface area contributed by atoms with E-state index in [-0.39, 0.29) is 11.8 Å². The maximum atomic E-state index is 13.0. The SMILES string of the molecule is O=C(c1ccccc1-n1cnnc1)N1CCC[C@H](c2ncon2)C1. The standard InChI is InChI=1S/C16H16N6O2/c23-16(13-5-1-2-6-14(13)22-9-18-19-10-22)21-7-3-4-12(8-21)15-17-11-24-20-15/h1-2,5-6,9-12H,3-4,7-8H2/t12-/m0/s1. The summed E-state index contributed by atoms with van der Waals surface area (Å²) in [7, 11) is 0. The lowest BCUT2D eigenvalue weighted by atomic mass is 9.96. The average molecular weight is 324 g/mol. The summed E-state index contributed by atoms with van der Waals surface area (Å²) in [4.78, 5) is 19.0. The van der Waals surface area contributed by atoms with Crippen LogP contribution in [0.4, 0.5) is 0 Å². The van der Waals surface area contributed by atoms with Crippen molar-refractivity contribution in [2.75, 3.05) is 13.1 Å². The van der Waals surface area contributed by atoms with E-state index in [2.05, 4.69) is 20.3 Å². The summed E-state index contributed by atoms with van der Waals surface area (Å²) >= 11 is 0. The summed E-state index contributed by atoms with van der Waals surface area (Å²) in [6.45, 7) is 1.32. The van der Waals surface area contributed by atoms with Crippen LogP contribution in [-0.4, -0.2) is 48.8 Å². The second kappa shape index (κ2) is 6.23. The summed E-state index contributed by atoms with van der Waals surface area (Å²) in [6, 6.07) is 7.47. The Kier molecular flexibility index (Phi) is 3.78. The molecule has 0 aliphatic carbocycles. The first kappa shape index (κ1) is 14.6. The molecule has 1 atom stereocenters. The third-order valence-corrected chi connectivity index (χ3v) is 4.28. The summed E-state index contributed by atoms with van der Waals surface area (Å²) in [5.74, 6) is 0.774. The van der Waals surface area contributed by atoms with Gasteiger partial charge < -0.3 is 9.42 Å². The number of likely N-dealkylation sites (tertiary alicyclic amines) is 1. The zero-order chi connectivity index (χ0) is 16.4. The predicted octanol–water partition coefficient (Wildman–Crippen LogP) is 1.67. The van der Waals surface area contributed by atoms with Crippen LogP contribution >= 0.6 is 0 Å². The van der Waals surface area contributed by atoms with Crippen LogP contribution in [0.1, 0.15) is 34.9 Å². The minimum atomic E-state index is -0.00695. The fourth-order valence-corrected chi connectivity index (χ4v) is 3.11. The fraction of sp³-hybridized carbons (Fsp3) is 0.312. The number of nitrogens with zero attached hydrogens (tertiary/aromatic N) is 6. The van der Waals surface area contributed by atoms with Gasteiger partial charge in [-0.2, -0.15) is 4.98 Å². The van der Waals surface area contributed by atoms with Crippen molar-refractivity contribution in [3.8, 4) is 5.69 Å². The van der Waals surface area contributed by atoms with E-state index in [9.17, 15) is 4.79 Å². The highest BCUT2D eigenvalue weighted by Gasteiger charge is 2.28. The van der Waals surface area contributed by atoms with Gasteiger partial charge in [0, 0.05) is 19.0 Å². The average Bonchev–Trinajstić information content (AvgIpc) is 3.35. The second-order valence-corrected chi connectivity index (χ2v) is 5.77. The van der Waals surface area contributed by atoms with Crippen molar-refractivity contribution in [2.24, 2.45) is 0 Å². The minimum Gasteiger partial charge on any atom is -0.343 e. The lowest BCUT2D eigenvalue weighted by Crippen LogP contribution is -2.39. The molecule has 1 saturated heterocycles. The first-order valence-corrected chi connectivity index (χ1v) is 7.82. The Morgan fingerprint density at radius 3 is 2.83 bits per heavy atom. The van der Waals surface area contributed by atoms with E-state index in [0.29, 0.717) is 17.9 Å². The van der Waals surface area contributed by atoms with Crippen molar-refractivity contribution < 1.29 is 9.32 Å². The summed E-state index contributed by atoms with van der Waals surface area (Å²) in [5.41, 5.74) is 1.40. The Morgan fingerprint density at radius 1 is 1.21 bits per heavy atom. The topological polar surface area (TPSA) is 89.9 Å². The van der Waals surface area contributed by atoms with E-state index < -0.39 is 0 Å². The third-order valence-electron chi connectivity index (χ3n) is 4.28. The molecule has 1 aliphatic heterocycles. The van der Waals surface area contributed by atoms with Gasteiger partial charge in [0.15, 0.2) is 5.82 Å². The first-order chi connectivity index (χ1) is 11.8. The molecule has 2 aromatic heterocycles. The quantitative estimate of drug-likeness (QED) is 0.728. The summed E-state index contributed by atoms with van der Waals surface area (Å²) in [5, 5.41) is 11.6. The number of carbonyl (C=O) groups excluding carboxylic acids is 1. The molecule has 4 rings (SSSR count). The molecule has 1 amide bonds. The molecular formula is C16H16N6O2. The molecule has 3 heterocycles. The van der Waals surface area contributed by atoms with E-state index in [1.807, 2.05) is 29.2 Å². The Morgan fingerprint density at radius 2 is 2.04 bits per heavy atom. The van der Waals surface area contributed by atoms with Crippen molar-refractivity contribution in [3.05, 3.63) is 54.7 Å². The van der Waals surface area contributed by atoms with E-state index in [4.69, 9.17) is 4.52 Å². The largest absolute Gasteiger partial charge is 0.343 e. The van der Waals surface area contributed by atoms with Crippen molar-refractivity contribution in [1.82, 2.24) is 29.8 Å². The number of hydrogen-bond donors (Lipinski definition) is 0. The smallest absolute Gasteiger partial charge is 0.256 e. The number of aromatic nitrogens is 5.